The Labute approximate surface area is 107 Å². The van der Waals surface area contributed by atoms with E-state index in [-0.39, 0.29) is 0 Å². The van der Waals surface area contributed by atoms with E-state index in [0.717, 1.165) is 10.6 Å². The lowest BCUT2D eigenvalue weighted by Crippen LogP contribution is -2.33. The molecule has 1 aromatic carbocycles. The Hall–Kier alpha value is -0.340. The second-order valence-corrected chi connectivity index (χ2v) is 6.27. The highest BCUT2D eigenvalue weighted by atomic mass is 35.5. The van der Waals surface area contributed by atoms with E-state index in [9.17, 15) is 0 Å². The molecule has 0 aromatic heterocycles. The van der Waals surface area contributed by atoms with Crippen LogP contribution in [0, 0.1) is 6.92 Å². The molecule has 0 aliphatic carbocycles. The summed E-state index contributed by atoms with van der Waals surface area (Å²) in [5.74, 6) is 1.30. The summed E-state index contributed by atoms with van der Waals surface area (Å²) in [6.45, 7) is 4.38. The zero-order valence-corrected chi connectivity index (χ0v) is 11.4. The van der Waals surface area contributed by atoms with E-state index in [1.54, 1.807) is 0 Å². The molecule has 0 amide bonds. The van der Waals surface area contributed by atoms with Crippen molar-refractivity contribution in [2.24, 2.45) is 0 Å². The van der Waals surface area contributed by atoms with Crippen LogP contribution >= 0.6 is 23.4 Å². The highest BCUT2D eigenvalue weighted by molar-refractivity contribution is 8.00. The average molecular weight is 256 g/mol. The summed E-state index contributed by atoms with van der Waals surface area (Å²) >= 11 is 8.18. The van der Waals surface area contributed by atoms with Crippen LogP contribution in [-0.2, 0) is 0 Å². The normalized spacial score (nSPS) is 25.4. The Morgan fingerprint density at radius 3 is 3.00 bits per heavy atom. The number of thioether (sulfide) groups is 1. The van der Waals surface area contributed by atoms with Gasteiger partial charge < -0.3 is 5.32 Å². The SMILES string of the molecule is Cc1c(Cl)cccc1NC1CCCSC1C. The van der Waals surface area contributed by atoms with Gasteiger partial charge in [-0.15, -0.1) is 0 Å². The number of nitrogens with one attached hydrogen (secondary N) is 1. The maximum atomic E-state index is 6.12. The number of hydrogen-bond acceptors (Lipinski definition) is 2. The quantitative estimate of drug-likeness (QED) is 0.844. The average Bonchev–Trinajstić information content (AvgIpc) is 2.28. The zero-order chi connectivity index (χ0) is 11.5. The lowest BCUT2D eigenvalue weighted by molar-refractivity contribution is 0.617. The third-order valence-electron chi connectivity index (χ3n) is 3.22. The van der Waals surface area contributed by atoms with Crippen LogP contribution in [0.25, 0.3) is 0 Å². The molecule has 0 saturated carbocycles. The Morgan fingerprint density at radius 1 is 1.44 bits per heavy atom. The number of hydrogen-bond donors (Lipinski definition) is 1. The van der Waals surface area contributed by atoms with Crippen LogP contribution in [0.5, 0.6) is 0 Å². The summed E-state index contributed by atoms with van der Waals surface area (Å²) in [6, 6.07) is 6.66. The maximum absolute atomic E-state index is 6.12. The molecular weight excluding hydrogens is 238 g/mol. The van der Waals surface area contributed by atoms with Crippen molar-refractivity contribution in [3.05, 3.63) is 28.8 Å². The third-order valence-corrected chi connectivity index (χ3v) is 5.00. The fourth-order valence-corrected chi connectivity index (χ4v) is 3.39. The molecule has 1 aliphatic rings. The van der Waals surface area contributed by atoms with Crippen molar-refractivity contribution < 1.29 is 0 Å². The van der Waals surface area contributed by atoms with Gasteiger partial charge in [0.2, 0.25) is 0 Å². The fraction of sp³-hybridized carbons (Fsp3) is 0.538. The largest absolute Gasteiger partial charge is 0.381 e. The molecule has 3 heteroatoms. The smallest absolute Gasteiger partial charge is 0.0455 e. The van der Waals surface area contributed by atoms with Crippen LogP contribution in [0.15, 0.2) is 18.2 Å². The predicted octanol–water partition coefficient (Wildman–Crippen LogP) is 4.34. The van der Waals surface area contributed by atoms with Crippen molar-refractivity contribution in [3.8, 4) is 0 Å². The van der Waals surface area contributed by atoms with E-state index in [1.165, 1.54) is 24.3 Å². The van der Waals surface area contributed by atoms with Gasteiger partial charge in [-0.2, -0.15) is 11.8 Å². The Balaban J connectivity index is 2.10. The minimum Gasteiger partial charge on any atom is -0.381 e. The van der Waals surface area contributed by atoms with Gasteiger partial charge in [0.15, 0.2) is 0 Å². The molecule has 1 N–H and O–H groups in total. The summed E-state index contributed by atoms with van der Waals surface area (Å²) in [7, 11) is 0. The fourth-order valence-electron chi connectivity index (χ4n) is 2.08. The Morgan fingerprint density at radius 2 is 2.25 bits per heavy atom. The van der Waals surface area contributed by atoms with Crippen molar-refractivity contribution in [2.45, 2.75) is 38.0 Å². The molecule has 0 spiro atoms. The van der Waals surface area contributed by atoms with E-state index in [4.69, 9.17) is 11.6 Å². The second-order valence-electron chi connectivity index (χ2n) is 4.38. The summed E-state index contributed by atoms with van der Waals surface area (Å²) in [5.41, 5.74) is 2.35. The van der Waals surface area contributed by atoms with Crippen LogP contribution in [0.3, 0.4) is 0 Å². The lowest BCUT2D eigenvalue weighted by Gasteiger charge is -2.30. The van der Waals surface area contributed by atoms with E-state index < -0.39 is 0 Å². The molecule has 1 nitrogen and oxygen atoms in total. The third kappa shape index (κ3) is 2.67. The van der Waals surface area contributed by atoms with Gasteiger partial charge in [0.25, 0.3) is 0 Å². The van der Waals surface area contributed by atoms with E-state index in [1.807, 2.05) is 12.1 Å². The van der Waals surface area contributed by atoms with Crippen LogP contribution in [0.1, 0.15) is 25.3 Å². The van der Waals surface area contributed by atoms with E-state index in [0.29, 0.717) is 11.3 Å². The molecule has 1 fully saturated rings. The first kappa shape index (κ1) is 12.1. The number of anilines is 1. The summed E-state index contributed by atoms with van der Waals surface area (Å²) < 4.78 is 0. The minimum absolute atomic E-state index is 0.580. The van der Waals surface area contributed by atoms with Crippen LogP contribution in [0.4, 0.5) is 5.69 Å². The molecule has 0 bridgehead atoms. The Bertz CT molecular complexity index is 367. The summed E-state index contributed by atoms with van der Waals surface area (Å²) in [5, 5.41) is 5.17. The van der Waals surface area contributed by atoms with Gasteiger partial charge >= 0.3 is 0 Å². The maximum Gasteiger partial charge on any atom is 0.0455 e. The highest BCUT2D eigenvalue weighted by Gasteiger charge is 2.21. The van der Waals surface area contributed by atoms with Gasteiger partial charge in [-0.25, -0.2) is 0 Å². The van der Waals surface area contributed by atoms with Gasteiger partial charge in [-0.05, 0) is 43.2 Å². The molecule has 16 heavy (non-hydrogen) atoms. The van der Waals surface area contributed by atoms with Gasteiger partial charge in [0, 0.05) is 22.0 Å². The Kier molecular flexibility index (Phi) is 4.04. The molecule has 1 aromatic rings. The topological polar surface area (TPSA) is 12.0 Å². The van der Waals surface area contributed by atoms with Gasteiger partial charge in [-0.1, -0.05) is 24.6 Å². The molecule has 0 radical (unpaired) electrons. The van der Waals surface area contributed by atoms with Gasteiger partial charge in [0.05, 0.1) is 0 Å². The number of halogens is 1. The van der Waals surface area contributed by atoms with Crippen molar-refractivity contribution in [1.82, 2.24) is 0 Å². The second kappa shape index (κ2) is 5.33. The van der Waals surface area contributed by atoms with E-state index >= 15 is 0 Å². The molecule has 2 rings (SSSR count). The molecular formula is C13H18ClNS. The first-order chi connectivity index (χ1) is 7.68. The predicted molar refractivity (Wildman–Crippen MR) is 74.8 cm³/mol. The number of rotatable bonds is 2. The lowest BCUT2D eigenvalue weighted by atomic mass is 10.1. The van der Waals surface area contributed by atoms with E-state index in [2.05, 4.69) is 37.0 Å². The molecule has 88 valence electrons. The standard InChI is InChI=1S/C13H18ClNS/c1-9-11(14)5-3-6-12(9)15-13-7-4-8-16-10(13)2/h3,5-6,10,13,15H,4,7-8H2,1-2H3. The summed E-state index contributed by atoms with van der Waals surface area (Å²) in [4.78, 5) is 0. The molecule has 2 unspecified atom stereocenters. The monoisotopic (exact) mass is 255 g/mol. The first-order valence-electron chi connectivity index (χ1n) is 5.81. The highest BCUT2D eigenvalue weighted by Crippen LogP contribution is 2.30. The van der Waals surface area contributed by atoms with Crippen molar-refractivity contribution in [3.63, 3.8) is 0 Å². The molecule has 1 heterocycles. The molecule has 1 aliphatic heterocycles. The molecule has 1 saturated heterocycles. The van der Waals surface area contributed by atoms with Gasteiger partial charge in [-0.3, -0.25) is 0 Å². The first-order valence-corrected chi connectivity index (χ1v) is 7.24. The minimum atomic E-state index is 0.580. The van der Waals surface area contributed by atoms with Crippen molar-refractivity contribution in [2.75, 3.05) is 11.1 Å². The van der Waals surface area contributed by atoms with Crippen molar-refractivity contribution in [1.29, 1.82) is 0 Å². The van der Waals surface area contributed by atoms with Crippen LogP contribution < -0.4 is 5.32 Å². The summed E-state index contributed by atoms with van der Waals surface area (Å²) in [6.07, 6.45) is 2.58. The van der Waals surface area contributed by atoms with Gasteiger partial charge in [0.1, 0.15) is 0 Å². The van der Waals surface area contributed by atoms with Crippen LogP contribution in [0.2, 0.25) is 5.02 Å². The van der Waals surface area contributed by atoms with Crippen LogP contribution in [-0.4, -0.2) is 17.0 Å². The zero-order valence-electron chi connectivity index (χ0n) is 9.79. The molecule has 2 atom stereocenters. The number of benzene rings is 1. The van der Waals surface area contributed by atoms with Crippen molar-refractivity contribution >= 4 is 29.1 Å².